The van der Waals surface area contributed by atoms with Gasteiger partial charge in [-0.25, -0.2) is 14.4 Å². The summed E-state index contributed by atoms with van der Waals surface area (Å²) in [6.07, 6.45) is 2.05. The van der Waals surface area contributed by atoms with Crippen molar-refractivity contribution in [3.63, 3.8) is 0 Å². The summed E-state index contributed by atoms with van der Waals surface area (Å²) in [5, 5.41) is 6.16. The summed E-state index contributed by atoms with van der Waals surface area (Å²) in [7, 11) is -5.92. The van der Waals surface area contributed by atoms with Crippen molar-refractivity contribution in [2.75, 3.05) is 18.4 Å². The van der Waals surface area contributed by atoms with Gasteiger partial charge in [0.2, 0.25) is 5.95 Å². The second-order valence-corrected chi connectivity index (χ2v) is 8.77. The molecule has 0 amide bonds. The minimum Gasteiger partial charge on any atom is -0.486 e. The summed E-state index contributed by atoms with van der Waals surface area (Å²) in [6.45, 7) is 1.28. The number of ether oxygens (including phenoxy) is 1. The van der Waals surface area contributed by atoms with Crippen LogP contribution in [0.1, 0.15) is 12.8 Å². The van der Waals surface area contributed by atoms with Crippen LogP contribution in [0, 0.1) is 5.82 Å². The third-order valence-electron chi connectivity index (χ3n) is 4.79. The van der Waals surface area contributed by atoms with E-state index in [2.05, 4.69) is 24.8 Å². The van der Waals surface area contributed by atoms with Gasteiger partial charge in [-0.1, -0.05) is 6.07 Å². The highest BCUT2D eigenvalue weighted by atomic mass is 32.2. The van der Waals surface area contributed by atoms with Crippen LogP contribution in [0.3, 0.4) is 0 Å². The molecule has 1 aromatic heterocycles. The lowest BCUT2D eigenvalue weighted by Crippen LogP contribution is -2.34. The zero-order valence-electron chi connectivity index (χ0n) is 16.9. The van der Waals surface area contributed by atoms with Crippen molar-refractivity contribution < 1.29 is 34.9 Å². The number of nitrogens with one attached hydrogen (secondary N) is 2. The quantitative estimate of drug-likeness (QED) is 0.308. The van der Waals surface area contributed by atoms with E-state index < -0.39 is 27.2 Å². The number of halogens is 4. The number of hydrogen-bond acceptors (Lipinski definition) is 8. The minimum absolute atomic E-state index is 0.0949. The molecule has 2 aromatic carbocycles. The van der Waals surface area contributed by atoms with Crippen molar-refractivity contribution in [1.29, 1.82) is 0 Å². The molecular formula is C20H18F4N4O4S. The van der Waals surface area contributed by atoms with Crippen LogP contribution in [-0.4, -0.2) is 43.1 Å². The molecular weight excluding hydrogens is 468 g/mol. The Kier molecular flexibility index (Phi) is 6.26. The largest absolute Gasteiger partial charge is 0.534 e. The molecule has 0 aliphatic carbocycles. The molecule has 4 rings (SSSR count). The van der Waals surface area contributed by atoms with Gasteiger partial charge in [-0.3, -0.25) is 0 Å². The van der Waals surface area contributed by atoms with E-state index in [-0.39, 0.29) is 28.7 Å². The van der Waals surface area contributed by atoms with E-state index in [1.54, 1.807) is 6.07 Å². The van der Waals surface area contributed by atoms with Gasteiger partial charge in [0, 0.05) is 23.3 Å². The van der Waals surface area contributed by atoms with Crippen LogP contribution in [0.2, 0.25) is 0 Å². The van der Waals surface area contributed by atoms with Crippen LogP contribution in [0.5, 0.6) is 11.5 Å². The van der Waals surface area contributed by atoms with Crippen LogP contribution in [0.25, 0.3) is 10.9 Å². The van der Waals surface area contributed by atoms with Crippen molar-refractivity contribution >= 4 is 32.7 Å². The first-order valence-electron chi connectivity index (χ1n) is 9.82. The molecule has 0 radical (unpaired) electrons. The van der Waals surface area contributed by atoms with E-state index in [4.69, 9.17) is 4.74 Å². The molecule has 0 unspecified atom stereocenters. The summed E-state index contributed by atoms with van der Waals surface area (Å²) in [4.78, 5) is 8.32. The molecule has 0 spiro atoms. The summed E-state index contributed by atoms with van der Waals surface area (Å²) in [5.74, 6) is -1.19. The highest BCUT2D eigenvalue weighted by molar-refractivity contribution is 7.88. The van der Waals surface area contributed by atoms with Gasteiger partial charge >= 0.3 is 15.6 Å². The van der Waals surface area contributed by atoms with E-state index in [1.807, 2.05) is 0 Å². The summed E-state index contributed by atoms with van der Waals surface area (Å²) < 4.78 is 85.5. The Morgan fingerprint density at radius 2 is 1.85 bits per heavy atom. The van der Waals surface area contributed by atoms with E-state index in [9.17, 15) is 26.0 Å². The Morgan fingerprint density at radius 3 is 2.55 bits per heavy atom. The first kappa shape index (κ1) is 23.0. The first-order valence-corrected chi connectivity index (χ1v) is 11.2. The highest BCUT2D eigenvalue weighted by Gasteiger charge is 2.49. The highest BCUT2D eigenvalue weighted by Crippen LogP contribution is 2.37. The molecule has 8 nitrogen and oxygen atoms in total. The molecule has 2 N–H and O–H groups in total. The normalized spacial score (nSPS) is 15.4. The number of fused-ring (bicyclic) bond motifs is 1. The fraction of sp³-hybridized carbons (Fsp3) is 0.300. The fourth-order valence-electron chi connectivity index (χ4n) is 3.21. The van der Waals surface area contributed by atoms with Gasteiger partial charge in [0.15, 0.2) is 11.5 Å². The maximum absolute atomic E-state index is 13.4. The molecule has 2 heterocycles. The van der Waals surface area contributed by atoms with Crippen LogP contribution < -0.4 is 19.6 Å². The number of alkyl halides is 3. The van der Waals surface area contributed by atoms with Gasteiger partial charge in [0.25, 0.3) is 0 Å². The van der Waals surface area contributed by atoms with Crippen molar-refractivity contribution in [2.24, 2.45) is 0 Å². The van der Waals surface area contributed by atoms with E-state index in [1.165, 1.54) is 30.5 Å². The number of hydrogen-bond donors (Lipinski definition) is 2. The number of benzene rings is 2. The Morgan fingerprint density at radius 1 is 1.09 bits per heavy atom. The predicted molar refractivity (Wildman–Crippen MR) is 111 cm³/mol. The molecule has 0 bridgehead atoms. The third kappa shape index (κ3) is 5.42. The number of piperidine rings is 1. The topological polar surface area (TPSA) is 102 Å². The van der Waals surface area contributed by atoms with Gasteiger partial charge in [0.05, 0.1) is 5.52 Å². The minimum atomic E-state index is -5.92. The lowest BCUT2D eigenvalue weighted by atomic mass is 10.1. The number of anilines is 2. The molecule has 13 heteroatoms. The molecule has 33 heavy (non-hydrogen) atoms. The van der Waals surface area contributed by atoms with Crippen LogP contribution in [0.15, 0.2) is 42.6 Å². The van der Waals surface area contributed by atoms with Gasteiger partial charge in [-0.05, 0) is 50.2 Å². The second-order valence-electron chi connectivity index (χ2n) is 7.24. The summed E-state index contributed by atoms with van der Waals surface area (Å²) >= 11 is 0. The zero-order valence-corrected chi connectivity index (χ0v) is 17.7. The zero-order chi connectivity index (χ0) is 23.6. The second kappa shape index (κ2) is 8.98. The number of nitrogens with zero attached hydrogens (tertiary/aromatic N) is 2. The third-order valence-corrected chi connectivity index (χ3v) is 5.75. The number of rotatable bonds is 6. The molecule has 1 saturated heterocycles. The summed E-state index contributed by atoms with van der Waals surface area (Å²) in [6, 6.07) is 7.96. The molecule has 0 atom stereocenters. The summed E-state index contributed by atoms with van der Waals surface area (Å²) in [5.41, 5.74) is -4.97. The van der Waals surface area contributed by atoms with Crippen molar-refractivity contribution in [3.8, 4) is 11.5 Å². The molecule has 176 valence electrons. The smallest absolute Gasteiger partial charge is 0.486 e. The molecule has 1 aliphatic heterocycles. The van der Waals surface area contributed by atoms with E-state index in [0.29, 0.717) is 31.6 Å². The molecule has 1 aliphatic rings. The standard InChI is InChI=1S/C20H18F4N4O4S/c21-13-2-1-3-14(9-13)27-19-26-11-12-8-18(32-33(29,30)20(22,23)24)17(10-16(12)28-19)31-15-4-6-25-7-5-15/h1-3,8-11,15,25H,4-7H2,(H,26,27,28). The lowest BCUT2D eigenvalue weighted by Gasteiger charge is -2.25. The molecule has 1 fully saturated rings. The SMILES string of the molecule is O=S(=O)(Oc1cc2cnc(Nc3cccc(F)c3)nc2cc1OC1CCNCC1)C(F)(F)F. The lowest BCUT2D eigenvalue weighted by molar-refractivity contribution is -0.0500. The Labute approximate surface area is 186 Å². The van der Waals surface area contributed by atoms with E-state index >= 15 is 0 Å². The average molecular weight is 486 g/mol. The molecule has 0 saturated carbocycles. The predicted octanol–water partition coefficient (Wildman–Crippen LogP) is 3.87. The van der Waals surface area contributed by atoms with Crippen LogP contribution in [-0.2, 0) is 10.1 Å². The Balaban J connectivity index is 1.71. The van der Waals surface area contributed by atoms with Crippen molar-refractivity contribution in [2.45, 2.75) is 24.5 Å². The maximum atomic E-state index is 13.4. The van der Waals surface area contributed by atoms with Gasteiger partial charge in [-0.15, -0.1) is 0 Å². The van der Waals surface area contributed by atoms with Gasteiger partial charge < -0.3 is 19.6 Å². The van der Waals surface area contributed by atoms with Crippen LogP contribution in [0.4, 0.5) is 29.2 Å². The maximum Gasteiger partial charge on any atom is 0.534 e. The van der Waals surface area contributed by atoms with E-state index in [0.717, 1.165) is 6.07 Å². The Hall–Kier alpha value is -3.19. The van der Waals surface area contributed by atoms with Crippen molar-refractivity contribution in [3.05, 3.63) is 48.4 Å². The Bertz CT molecular complexity index is 1260. The van der Waals surface area contributed by atoms with Gasteiger partial charge in [-0.2, -0.15) is 21.6 Å². The fourth-order valence-corrected chi connectivity index (χ4v) is 3.67. The number of aromatic nitrogens is 2. The monoisotopic (exact) mass is 486 g/mol. The molecule has 3 aromatic rings. The van der Waals surface area contributed by atoms with Crippen molar-refractivity contribution in [1.82, 2.24) is 15.3 Å². The average Bonchev–Trinajstić information content (AvgIpc) is 2.74. The van der Waals surface area contributed by atoms with Gasteiger partial charge in [0.1, 0.15) is 11.9 Å². The van der Waals surface area contributed by atoms with Crippen LogP contribution >= 0.6 is 0 Å². The first-order chi connectivity index (χ1) is 15.6.